The molecule has 3 heterocycles. The van der Waals surface area contributed by atoms with E-state index in [1.54, 1.807) is 4.90 Å². The molecule has 0 aliphatic carbocycles. The van der Waals surface area contributed by atoms with Crippen molar-refractivity contribution in [1.82, 2.24) is 9.80 Å². The Balaban J connectivity index is 1.64. The van der Waals surface area contributed by atoms with E-state index in [2.05, 4.69) is 34.5 Å². The topological polar surface area (TPSA) is 66.6 Å². The first-order valence-corrected chi connectivity index (χ1v) is 10.2. The lowest BCUT2D eigenvalue weighted by Gasteiger charge is -2.42. The zero-order valence-electron chi connectivity index (χ0n) is 14.5. The number of rotatable bonds is 1. The van der Waals surface area contributed by atoms with Gasteiger partial charge in [-0.3, -0.25) is 14.5 Å². The van der Waals surface area contributed by atoms with Crippen molar-refractivity contribution < 1.29 is 9.59 Å². The van der Waals surface area contributed by atoms with E-state index in [9.17, 15) is 9.59 Å². The van der Waals surface area contributed by atoms with Crippen molar-refractivity contribution in [3.05, 3.63) is 39.0 Å². The van der Waals surface area contributed by atoms with E-state index >= 15 is 0 Å². The lowest BCUT2D eigenvalue weighted by molar-refractivity contribution is 0.0396. The number of anilines is 1. The van der Waals surface area contributed by atoms with Crippen LogP contribution in [0.1, 0.15) is 46.4 Å². The van der Waals surface area contributed by atoms with Gasteiger partial charge in [0.15, 0.2) is 0 Å². The van der Waals surface area contributed by atoms with Crippen LogP contribution in [-0.2, 0) is 0 Å². The highest BCUT2D eigenvalue weighted by Gasteiger charge is 2.45. The molecule has 0 unspecified atom stereocenters. The molecule has 2 saturated heterocycles. The van der Waals surface area contributed by atoms with E-state index in [-0.39, 0.29) is 17.9 Å². The second-order valence-corrected chi connectivity index (χ2v) is 8.87. The molecule has 5 nitrogen and oxygen atoms in total. The van der Waals surface area contributed by atoms with Crippen LogP contribution in [0.25, 0.3) is 10.8 Å². The molecule has 0 spiro atoms. The fourth-order valence-electron chi connectivity index (χ4n) is 5.10. The van der Waals surface area contributed by atoms with Gasteiger partial charge in [0, 0.05) is 43.6 Å². The molecule has 2 amide bonds. The minimum atomic E-state index is -0.164. The van der Waals surface area contributed by atoms with Crippen molar-refractivity contribution >= 4 is 50.9 Å². The number of imide groups is 1. The number of amides is 2. The molecule has 26 heavy (non-hydrogen) atoms. The van der Waals surface area contributed by atoms with E-state index < -0.39 is 0 Å². The normalized spacial score (nSPS) is 28.2. The summed E-state index contributed by atoms with van der Waals surface area (Å²) in [5, 5.41) is 1.52. The summed E-state index contributed by atoms with van der Waals surface area (Å²) >= 11 is 2.17. The molecule has 134 valence electrons. The number of nitrogens with two attached hydrogens (primary N) is 1. The minimum absolute atomic E-state index is 0.0117. The molecule has 2 aromatic carbocycles. The molecule has 3 aliphatic heterocycles. The van der Waals surface area contributed by atoms with Crippen LogP contribution in [0.2, 0.25) is 0 Å². The maximum atomic E-state index is 13.3. The zero-order valence-corrected chi connectivity index (χ0v) is 16.7. The highest BCUT2D eigenvalue weighted by atomic mass is 127. The lowest BCUT2D eigenvalue weighted by Crippen LogP contribution is -2.54. The Bertz CT molecular complexity index is 959. The fraction of sp³-hybridized carbons (Fsp3) is 0.400. The van der Waals surface area contributed by atoms with E-state index in [4.69, 9.17) is 5.73 Å². The van der Waals surface area contributed by atoms with Crippen LogP contribution < -0.4 is 5.73 Å². The van der Waals surface area contributed by atoms with Crippen molar-refractivity contribution in [1.29, 1.82) is 0 Å². The van der Waals surface area contributed by atoms with Gasteiger partial charge in [0.2, 0.25) is 0 Å². The van der Waals surface area contributed by atoms with Crippen LogP contribution in [-0.4, -0.2) is 46.8 Å². The number of benzene rings is 2. The number of hydrogen-bond donors (Lipinski definition) is 1. The Morgan fingerprint density at radius 1 is 1.04 bits per heavy atom. The van der Waals surface area contributed by atoms with Crippen LogP contribution in [0.15, 0.2) is 24.3 Å². The number of fused-ring (bicyclic) bond motifs is 2. The third kappa shape index (κ3) is 2.11. The van der Waals surface area contributed by atoms with Gasteiger partial charge in [0.1, 0.15) is 0 Å². The van der Waals surface area contributed by atoms with Crippen molar-refractivity contribution in [2.75, 3.05) is 12.8 Å². The molecule has 2 fully saturated rings. The van der Waals surface area contributed by atoms with Crippen LogP contribution in [0, 0.1) is 3.57 Å². The summed E-state index contributed by atoms with van der Waals surface area (Å²) < 4.78 is 0.855. The predicted molar refractivity (Wildman–Crippen MR) is 109 cm³/mol. The summed E-state index contributed by atoms with van der Waals surface area (Å²) in [5.74, 6) is -0.326. The van der Waals surface area contributed by atoms with Gasteiger partial charge in [-0.05, 0) is 67.5 Å². The van der Waals surface area contributed by atoms with E-state index in [0.717, 1.165) is 34.6 Å². The summed E-state index contributed by atoms with van der Waals surface area (Å²) in [6, 6.07) is 8.36. The number of halogens is 1. The first-order valence-electron chi connectivity index (χ1n) is 9.08. The fourth-order valence-corrected chi connectivity index (χ4v) is 5.70. The first kappa shape index (κ1) is 16.5. The molecule has 2 N–H and O–H groups in total. The van der Waals surface area contributed by atoms with Crippen molar-refractivity contribution in [2.24, 2.45) is 0 Å². The van der Waals surface area contributed by atoms with Gasteiger partial charge in [0.05, 0.1) is 5.69 Å². The standard InChI is InChI=1S/C20H20IN3O2/c1-23-10-5-6-11(23)8-12(7-10)24-19(25)14-4-2-3-13-17(14)15(20(24)26)9-16(21)18(13)22/h2-4,9-12H,5-8,22H2,1H3/t10-,11+,12+. The average Bonchev–Trinajstić information content (AvgIpc) is 2.83. The van der Waals surface area contributed by atoms with Crippen LogP contribution in [0.3, 0.4) is 0 Å². The highest BCUT2D eigenvalue weighted by Crippen LogP contribution is 2.41. The monoisotopic (exact) mass is 461 g/mol. The van der Waals surface area contributed by atoms with Gasteiger partial charge < -0.3 is 10.6 Å². The zero-order chi connectivity index (χ0) is 18.2. The Hall–Kier alpha value is -1.67. The summed E-state index contributed by atoms with van der Waals surface area (Å²) in [6.45, 7) is 0. The van der Waals surface area contributed by atoms with Gasteiger partial charge in [0.25, 0.3) is 11.8 Å². The molecule has 6 heteroatoms. The van der Waals surface area contributed by atoms with Gasteiger partial charge in [-0.25, -0.2) is 0 Å². The third-order valence-corrected chi connectivity index (χ3v) is 7.38. The van der Waals surface area contributed by atoms with Crippen LogP contribution in [0.4, 0.5) is 5.69 Å². The summed E-state index contributed by atoms with van der Waals surface area (Å²) in [5.41, 5.74) is 8.06. The molecule has 0 aromatic heterocycles. The smallest absolute Gasteiger partial charge is 0.261 e. The summed E-state index contributed by atoms with van der Waals surface area (Å²) in [6.07, 6.45) is 4.08. The molecule has 3 aliphatic rings. The second kappa shape index (κ2) is 5.66. The molecule has 5 rings (SSSR count). The van der Waals surface area contributed by atoms with E-state index in [0.29, 0.717) is 34.3 Å². The number of nitrogen functional groups attached to an aromatic ring is 1. The number of carbonyl (C=O) groups is 2. The first-order chi connectivity index (χ1) is 12.5. The molecular weight excluding hydrogens is 441 g/mol. The van der Waals surface area contributed by atoms with Crippen LogP contribution >= 0.6 is 22.6 Å². The lowest BCUT2D eigenvalue weighted by atomic mass is 9.89. The van der Waals surface area contributed by atoms with Crippen molar-refractivity contribution in [2.45, 2.75) is 43.8 Å². The molecule has 3 atom stereocenters. The van der Waals surface area contributed by atoms with Gasteiger partial charge in [-0.1, -0.05) is 12.1 Å². The third-order valence-electron chi connectivity index (χ3n) is 6.49. The van der Waals surface area contributed by atoms with Crippen molar-refractivity contribution in [3.63, 3.8) is 0 Å². The second-order valence-electron chi connectivity index (χ2n) is 7.70. The number of piperidine rings is 1. The maximum absolute atomic E-state index is 13.3. The van der Waals surface area contributed by atoms with Gasteiger partial charge >= 0.3 is 0 Å². The molecule has 2 aromatic rings. The largest absolute Gasteiger partial charge is 0.397 e. The molecular formula is C20H20IN3O2. The average molecular weight is 461 g/mol. The Kier molecular flexibility index (Phi) is 3.59. The predicted octanol–water partition coefficient (Wildman–Crippen LogP) is 3.25. The van der Waals surface area contributed by atoms with E-state index in [1.807, 2.05) is 24.3 Å². The SMILES string of the molecule is CN1[C@@H]2CC[C@H]1C[C@@H](N1C(=O)c3cccc4c(N)c(I)cc(c34)C1=O)C2. The summed E-state index contributed by atoms with van der Waals surface area (Å²) in [7, 11) is 2.17. The maximum Gasteiger partial charge on any atom is 0.261 e. The summed E-state index contributed by atoms with van der Waals surface area (Å²) in [4.78, 5) is 30.6. The Morgan fingerprint density at radius 2 is 1.69 bits per heavy atom. The number of nitrogens with zero attached hydrogens (tertiary/aromatic N) is 2. The highest BCUT2D eigenvalue weighted by molar-refractivity contribution is 14.1. The van der Waals surface area contributed by atoms with Gasteiger partial charge in [-0.2, -0.15) is 0 Å². The van der Waals surface area contributed by atoms with Crippen molar-refractivity contribution in [3.8, 4) is 0 Å². The van der Waals surface area contributed by atoms with Gasteiger partial charge in [-0.15, -0.1) is 0 Å². The Morgan fingerprint density at radius 3 is 2.38 bits per heavy atom. The van der Waals surface area contributed by atoms with E-state index in [1.165, 1.54) is 0 Å². The number of carbonyl (C=O) groups excluding carboxylic acids is 2. The quantitative estimate of drug-likeness (QED) is 0.403. The molecule has 0 radical (unpaired) electrons. The van der Waals surface area contributed by atoms with Crippen LogP contribution in [0.5, 0.6) is 0 Å². The number of hydrogen-bond acceptors (Lipinski definition) is 4. The molecule has 0 saturated carbocycles. The molecule has 2 bridgehead atoms. The minimum Gasteiger partial charge on any atom is -0.397 e. The Labute approximate surface area is 165 Å².